The van der Waals surface area contributed by atoms with Gasteiger partial charge in [0.05, 0.1) is 5.69 Å². The van der Waals surface area contributed by atoms with E-state index in [2.05, 4.69) is 10.2 Å². The summed E-state index contributed by atoms with van der Waals surface area (Å²) in [4.78, 5) is 15.1. The molecule has 31 heavy (non-hydrogen) atoms. The first-order valence-corrected chi connectivity index (χ1v) is 10.5. The SMILES string of the molecule is O=C(c1cccc(Oc2ccccc2)c1)N1CCc2[nH]nc(-c3cccc(Cl)c3)c2C1. The molecule has 0 unspecified atom stereocenters. The molecule has 1 N–H and O–H groups in total. The molecule has 3 aromatic carbocycles. The fourth-order valence-electron chi connectivity index (χ4n) is 3.84. The van der Waals surface area contributed by atoms with E-state index >= 15 is 0 Å². The van der Waals surface area contributed by atoms with Crippen LogP contribution in [0.1, 0.15) is 21.6 Å². The van der Waals surface area contributed by atoms with Gasteiger partial charge in [-0.05, 0) is 42.5 Å². The Morgan fingerprint density at radius 2 is 1.77 bits per heavy atom. The molecular weight excluding hydrogens is 410 g/mol. The van der Waals surface area contributed by atoms with Crippen molar-refractivity contribution >= 4 is 17.5 Å². The largest absolute Gasteiger partial charge is 0.457 e. The molecule has 0 fully saturated rings. The summed E-state index contributed by atoms with van der Waals surface area (Å²) in [6.45, 7) is 1.13. The molecule has 1 aliphatic heterocycles. The van der Waals surface area contributed by atoms with Crippen molar-refractivity contribution in [3.8, 4) is 22.8 Å². The minimum Gasteiger partial charge on any atom is -0.457 e. The van der Waals surface area contributed by atoms with Crippen molar-refractivity contribution < 1.29 is 9.53 Å². The Balaban J connectivity index is 1.38. The number of nitrogens with zero attached hydrogens (tertiary/aromatic N) is 2. The van der Waals surface area contributed by atoms with Gasteiger partial charge in [-0.25, -0.2) is 0 Å². The van der Waals surface area contributed by atoms with Gasteiger partial charge in [-0.15, -0.1) is 0 Å². The number of H-pyrrole nitrogens is 1. The maximum atomic E-state index is 13.3. The molecule has 0 radical (unpaired) electrons. The number of halogens is 1. The topological polar surface area (TPSA) is 58.2 Å². The van der Waals surface area contributed by atoms with Crippen molar-refractivity contribution in [3.05, 3.63) is 101 Å². The number of hydrogen-bond donors (Lipinski definition) is 1. The van der Waals surface area contributed by atoms with E-state index in [1.54, 1.807) is 6.07 Å². The number of nitrogens with one attached hydrogen (secondary N) is 1. The van der Waals surface area contributed by atoms with E-state index < -0.39 is 0 Å². The molecule has 6 heteroatoms. The predicted molar refractivity (Wildman–Crippen MR) is 120 cm³/mol. The smallest absolute Gasteiger partial charge is 0.254 e. The van der Waals surface area contributed by atoms with Gasteiger partial charge in [0.15, 0.2) is 0 Å². The van der Waals surface area contributed by atoms with E-state index in [-0.39, 0.29) is 5.91 Å². The van der Waals surface area contributed by atoms with Gasteiger partial charge in [-0.2, -0.15) is 5.10 Å². The van der Waals surface area contributed by atoms with Gasteiger partial charge in [0.25, 0.3) is 5.91 Å². The van der Waals surface area contributed by atoms with Gasteiger partial charge in [-0.3, -0.25) is 9.89 Å². The zero-order valence-electron chi connectivity index (χ0n) is 16.7. The first-order chi connectivity index (χ1) is 15.2. The van der Waals surface area contributed by atoms with E-state index in [9.17, 15) is 4.79 Å². The molecule has 1 aliphatic rings. The van der Waals surface area contributed by atoms with E-state index in [0.29, 0.717) is 29.4 Å². The lowest BCUT2D eigenvalue weighted by Crippen LogP contribution is -2.35. The minimum atomic E-state index is -0.0256. The lowest BCUT2D eigenvalue weighted by atomic mass is 10.0. The van der Waals surface area contributed by atoms with Crippen LogP contribution in [0.3, 0.4) is 0 Å². The lowest BCUT2D eigenvalue weighted by Gasteiger charge is -2.27. The number of benzene rings is 3. The Morgan fingerprint density at radius 1 is 0.968 bits per heavy atom. The van der Waals surface area contributed by atoms with Gasteiger partial charge in [0.1, 0.15) is 11.5 Å². The van der Waals surface area contributed by atoms with Gasteiger partial charge in [0.2, 0.25) is 0 Å². The molecule has 154 valence electrons. The molecule has 5 nitrogen and oxygen atoms in total. The highest BCUT2D eigenvalue weighted by Crippen LogP contribution is 2.31. The van der Waals surface area contributed by atoms with Crippen LogP contribution in [0, 0.1) is 0 Å². The number of rotatable bonds is 4. The zero-order valence-corrected chi connectivity index (χ0v) is 17.5. The third-order valence-corrected chi connectivity index (χ3v) is 5.61. The fourth-order valence-corrected chi connectivity index (χ4v) is 4.03. The van der Waals surface area contributed by atoms with Crippen molar-refractivity contribution in [2.45, 2.75) is 13.0 Å². The second kappa shape index (κ2) is 8.28. The van der Waals surface area contributed by atoms with E-state index in [4.69, 9.17) is 16.3 Å². The van der Waals surface area contributed by atoms with Crippen LogP contribution in [0.15, 0.2) is 78.9 Å². The summed E-state index contributed by atoms with van der Waals surface area (Å²) in [5, 5.41) is 8.28. The van der Waals surface area contributed by atoms with Crippen LogP contribution in [0.2, 0.25) is 5.02 Å². The first-order valence-electron chi connectivity index (χ1n) is 10.1. The van der Waals surface area contributed by atoms with Crippen LogP contribution in [0.5, 0.6) is 11.5 Å². The summed E-state index contributed by atoms with van der Waals surface area (Å²) in [6.07, 6.45) is 0.731. The summed E-state index contributed by atoms with van der Waals surface area (Å²) < 4.78 is 5.89. The molecule has 0 aliphatic carbocycles. The van der Waals surface area contributed by atoms with E-state index in [0.717, 1.165) is 34.7 Å². The number of hydrogen-bond acceptors (Lipinski definition) is 3. The number of para-hydroxylation sites is 1. The summed E-state index contributed by atoms with van der Waals surface area (Å²) in [6, 6.07) is 24.5. The summed E-state index contributed by atoms with van der Waals surface area (Å²) in [5.41, 5.74) is 4.50. The third kappa shape index (κ3) is 4.05. The fraction of sp³-hybridized carbons (Fsp3) is 0.120. The highest BCUT2D eigenvalue weighted by molar-refractivity contribution is 6.30. The van der Waals surface area contributed by atoms with Crippen molar-refractivity contribution in [1.29, 1.82) is 0 Å². The average Bonchev–Trinajstić information content (AvgIpc) is 3.23. The summed E-state index contributed by atoms with van der Waals surface area (Å²) in [5.74, 6) is 1.35. The van der Waals surface area contributed by atoms with Crippen LogP contribution in [0.4, 0.5) is 0 Å². The molecule has 0 saturated carbocycles. The molecule has 4 aromatic rings. The number of amides is 1. The maximum absolute atomic E-state index is 13.3. The second-order valence-corrected chi connectivity index (χ2v) is 7.90. The average molecular weight is 430 g/mol. The third-order valence-electron chi connectivity index (χ3n) is 5.38. The number of aromatic nitrogens is 2. The van der Waals surface area contributed by atoms with Crippen LogP contribution in [-0.4, -0.2) is 27.5 Å². The standard InChI is InChI=1S/C25H20ClN3O2/c26-19-8-4-6-17(14-19)24-22-16-29(13-12-23(22)27-28-24)25(30)18-7-5-11-21(15-18)31-20-9-2-1-3-10-20/h1-11,14-15H,12-13,16H2,(H,27,28). The predicted octanol–water partition coefficient (Wildman–Crippen LogP) is 5.72. The van der Waals surface area contributed by atoms with Crippen molar-refractivity contribution in [2.24, 2.45) is 0 Å². The number of ether oxygens (including phenoxy) is 1. The molecule has 0 spiro atoms. The molecular formula is C25H20ClN3O2. The van der Waals surface area contributed by atoms with Crippen molar-refractivity contribution in [3.63, 3.8) is 0 Å². The van der Waals surface area contributed by atoms with Crippen LogP contribution in [-0.2, 0) is 13.0 Å². The highest BCUT2D eigenvalue weighted by Gasteiger charge is 2.26. The molecule has 0 atom stereocenters. The number of aromatic amines is 1. The Morgan fingerprint density at radius 3 is 2.61 bits per heavy atom. The van der Waals surface area contributed by atoms with Gasteiger partial charge >= 0.3 is 0 Å². The minimum absolute atomic E-state index is 0.0256. The molecule has 1 amide bonds. The Kier molecular flexibility index (Phi) is 5.18. The second-order valence-electron chi connectivity index (χ2n) is 7.46. The normalized spacial score (nSPS) is 13.0. The molecule has 2 heterocycles. The first kappa shape index (κ1) is 19.4. The molecule has 5 rings (SSSR count). The highest BCUT2D eigenvalue weighted by atomic mass is 35.5. The Labute approximate surface area is 185 Å². The quantitative estimate of drug-likeness (QED) is 0.451. The van der Waals surface area contributed by atoms with Crippen molar-refractivity contribution in [1.82, 2.24) is 15.1 Å². The summed E-state index contributed by atoms with van der Waals surface area (Å²) in [7, 11) is 0. The zero-order chi connectivity index (χ0) is 21.2. The summed E-state index contributed by atoms with van der Waals surface area (Å²) >= 11 is 6.16. The Hall–Kier alpha value is -3.57. The monoisotopic (exact) mass is 429 g/mol. The number of carbonyl (C=O) groups is 1. The van der Waals surface area contributed by atoms with E-state index in [1.165, 1.54) is 0 Å². The van der Waals surface area contributed by atoms with Gasteiger partial charge in [-0.1, -0.05) is 48.0 Å². The number of fused-ring (bicyclic) bond motifs is 1. The molecule has 0 saturated heterocycles. The maximum Gasteiger partial charge on any atom is 0.254 e. The Bertz CT molecular complexity index is 1240. The van der Waals surface area contributed by atoms with Crippen LogP contribution in [0.25, 0.3) is 11.3 Å². The van der Waals surface area contributed by atoms with Crippen LogP contribution < -0.4 is 4.74 Å². The van der Waals surface area contributed by atoms with Gasteiger partial charge < -0.3 is 9.64 Å². The van der Waals surface area contributed by atoms with Crippen LogP contribution >= 0.6 is 11.6 Å². The van der Waals surface area contributed by atoms with Gasteiger partial charge in [0, 0.05) is 46.9 Å². The number of carbonyl (C=O) groups excluding carboxylic acids is 1. The lowest BCUT2D eigenvalue weighted by molar-refractivity contribution is 0.0734. The molecule has 0 bridgehead atoms. The van der Waals surface area contributed by atoms with Crippen molar-refractivity contribution in [2.75, 3.05) is 6.54 Å². The molecule has 1 aromatic heterocycles. The van der Waals surface area contributed by atoms with E-state index in [1.807, 2.05) is 77.7 Å².